The lowest BCUT2D eigenvalue weighted by atomic mass is 10.2. The second kappa shape index (κ2) is 7.95. The summed E-state index contributed by atoms with van der Waals surface area (Å²) in [6, 6.07) is 5.80. The van der Waals surface area contributed by atoms with E-state index in [9.17, 15) is 13.2 Å². The van der Waals surface area contributed by atoms with E-state index in [1.165, 1.54) is 39.7 Å². The van der Waals surface area contributed by atoms with E-state index in [0.29, 0.717) is 22.6 Å². The van der Waals surface area contributed by atoms with Gasteiger partial charge >= 0.3 is 5.97 Å². The van der Waals surface area contributed by atoms with E-state index in [0.717, 1.165) is 4.09 Å². The van der Waals surface area contributed by atoms with Crippen molar-refractivity contribution < 1.29 is 32.5 Å². The fraction of sp³-hybridized carbons (Fsp3) is 0.278. The third-order valence-corrected chi connectivity index (χ3v) is 5.75. The van der Waals surface area contributed by atoms with E-state index >= 15 is 0 Å². The first-order valence-corrected chi connectivity index (χ1v) is 9.86. The topological polar surface area (TPSA) is 130 Å². The van der Waals surface area contributed by atoms with Gasteiger partial charge in [-0.1, -0.05) is 0 Å². The third-order valence-electron chi connectivity index (χ3n) is 4.21. The number of benzene rings is 1. The Kier molecular flexibility index (Phi) is 5.59. The van der Waals surface area contributed by atoms with E-state index in [-0.39, 0.29) is 29.1 Å². The molecule has 0 unspecified atom stereocenters. The van der Waals surface area contributed by atoms with E-state index in [1.807, 2.05) is 0 Å². The number of ether oxygens (including phenoxy) is 3. The number of aromatic nitrogens is 3. The molecule has 0 aliphatic carbocycles. The number of hydrogen-bond donors (Lipinski definition) is 1. The summed E-state index contributed by atoms with van der Waals surface area (Å²) >= 11 is 0. The van der Waals surface area contributed by atoms with Crippen LogP contribution in [-0.4, -0.2) is 55.0 Å². The molecule has 2 heterocycles. The minimum atomic E-state index is -4.17. The Labute approximate surface area is 166 Å². The zero-order chi connectivity index (χ0) is 21.2. The fourth-order valence-electron chi connectivity index (χ4n) is 2.73. The van der Waals surface area contributed by atoms with Gasteiger partial charge in [-0.15, -0.1) is 4.09 Å². The summed E-state index contributed by atoms with van der Waals surface area (Å²) in [5.41, 5.74) is 0.347. The summed E-state index contributed by atoms with van der Waals surface area (Å²) in [6.07, 6.45) is 1.18. The van der Waals surface area contributed by atoms with Gasteiger partial charge in [0.2, 0.25) is 0 Å². The van der Waals surface area contributed by atoms with Gasteiger partial charge in [0.05, 0.1) is 44.5 Å². The molecule has 10 nitrogen and oxygen atoms in total. The Bertz CT molecular complexity index is 1150. The van der Waals surface area contributed by atoms with Gasteiger partial charge in [-0.05, 0) is 6.07 Å². The molecule has 1 aromatic carbocycles. The summed E-state index contributed by atoms with van der Waals surface area (Å²) < 4.78 is 42.8. The lowest BCUT2D eigenvalue weighted by molar-refractivity contribution is -0.136. The molecule has 0 saturated heterocycles. The number of methoxy groups -OCH3 is 3. The van der Waals surface area contributed by atoms with Crippen molar-refractivity contribution in [1.82, 2.24) is 14.2 Å². The molecule has 0 atom stereocenters. The first kappa shape index (κ1) is 20.4. The molecule has 0 fully saturated rings. The number of carboxylic acids is 1. The van der Waals surface area contributed by atoms with E-state index in [1.54, 1.807) is 12.1 Å². The maximum Gasteiger partial charge on any atom is 0.303 e. The number of rotatable bonds is 8. The van der Waals surface area contributed by atoms with Crippen LogP contribution in [0.5, 0.6) is 17.2 Å². The molecule has 0 saturated carbocycles. The van der Waals surface area contributed by atoms with Crippen molar-refractivity contribution >= 4 is 27.0 Å². The highest BCUT2D eigenvalue weighted by Crippen LogP contribution is 2.30. The first-order valence-electron chi connectivity index (χ1n) is 8.42. The quantitative estimate of drug-likeness (QED) is 0.577. The first-order chi connectivity index (χ1) is 13.8. The van der Waals surface area contributed by atoms with Crippen molar-refractivity contribution in [2.24, 2.45) is 0 Å². The number of hydrogen-bond acceptors (Lipinski definition) is 8. The molecule has 0 spiro atoms. The van der Waals surface area contributed by atoms with Crippen LogP contribution in [0.3, 0.4) is 0 Å². The number of aryl methyl sites for hydroxylation is 1. The van der Waals surface area contributed by atoms with E-state index in [4.69, 9.17) is 19.3 Å². The average Bonchev–Trinajstić information content (AvgIpc) is 3.10. The monoisotopic (exact) mass is 421 g/mol. The summed E-state index contributed by atoms with van der Waals surface area (Å²) in [7, 11) is 0.0927. The maximum atomic E-state index is 13.3. The number of carboxylic acid groups (broad SMARTS) is 1. The van der Waals surface area contributed by atoms with E-state index < -0.39 is 16.0 Å². The van der Waals surface area contributed by atoms with Gasteiger partial charge in [-0.2, -0.15) is 13.5 Å². The van der Waals surface area contributed by atoms with Crippen LogP contribution in [0.2, 0.25) is 0 Å². The highest BCUT2D eigenvalue weighted by molar-refractivity contribution is 7.90. The summed E-state index contributed by atoms with van der Waals surface area (Å²) in [6.45, 7) is 0. The van der Waals surface area contributed by atoms with Gasteiger partial charge in [0.25, 0.3) is 10.0 Å². The second-order valence-electron chi connectivity index (χ2n) is 5.98. The van der Waals surface area contributed by atoms with Crippen molar-refractivity contribution in [1.29, 1.82) is 0 Å². The molecule has 154 valence electrons. The van der Waals surface area contributed by atoms with Crippen molar-refractivity contribution in [2.75, 3.05) is 21.3 Å². The summed E-state index contributed by atoms with van der Waals surface area (Å²) in [4.78, 5) is 15.0. The minimum absolute atomic E-state index is 0.0324. The largest absolute Gasteiger partial charge is 0.497 e. The summed E-state index contributed by atoms with van der Waals surface area (Å²) in [5.74, 6) is -0.0433. The van der Waals surface area contributed by atoms with Crippen LogP contribution in [0.25, 0.3) is 11.0 Å². The zero-order valence-corrected chi connectivity index (χ0v) is 16.8. The van der Waals surface area contributed by atoms with Crippen LogP contribution < -0.4 is 14.2 Å². The van der Waals surface area contributed by atoms with Crippen LogP contribution in [-0.2, 0) is 21.2 Å². The molecule has 0 aliphatic heterocycles. The normalized spacial score (nSPS) is 11.4. The molecular formula is C18H19N3O7S. The molecule has 0 radical (unpaired) electrons. The van der Waals surface area contributed by atoms with Crippen LogP contribution in [0.15, 0.2) is 35.4 Å². The Balaban J connectivity index is 2.21. The standard InChI is InChI=1S/C18H19N3O7S/c1-26-11-6-12(27-2)8-14(7-11)29(24,25)21-18-15(9-13(28-3)10-19-18)16(20-21)4-5-17(22)23/h6-10H,4-5H2,1-3H3,(H,22,23). The predicted octanol–water partition coefficient (Wildman–Crippen LogP) is 1.71. The number of carbonyl (C=O) groups is 1. The summed E-state index contributed by atoms with van der Waals surface area (Å²) in [5, 5.41) is 13.5. The smallest absolute Gasteiger partial charge is 0.303 e. The molecule has 0 bridgehead atoms. The highest BCUT2D eigenvalue weighted by Gasteiger charge is 2.26. The predicted molar refractivity (Wildman–Crippen MR) is 102 cm³/mol. The molecule has 29 heavy (non-hydrogen) atoms. The van der Waals surface area contributed by atoms with Crippen LogP contribution in [0.4, 0.5) is 0 Å². The van der Waals surface area contributed by atoms with Gasteiger partial charge in [0.15, 0.2) is 5.65 Å². The molecule has 1 N–H and O–H groups in total. The average molecular weight is 421 g/mol. The van der Waals surface area contributed by atoms with Gasteiger partial charge in [0.1, 0.15) is 17.2 Å². The van der Waals surface area contributed by atoms with Gasteiger partial charge in [-0.3, -0.25) is 4.79 Å². The minimum Gasteiger partial charge on any atom is -0.497 e. The molecule has 11 heteroatoms. The van der Waals surface area contributed by atoms with Crippen LogP contribution >= 0.6 is 0 Å². The maximum absolute atomic E-state index is 13.3. The molecule has 0 aliphatic rings. The SMILES string of the molecule is COc1cc(OC)cc(S(=O)(=O)n2nc(CCC(=O)O)c3cc(OC)cnc32)c1. The zero-order valence-electron chi connectivity index (χ0n) is 15.9. The van der Waals surface area contributed by atoms with Crippen molar-refractivity contribution in [3.63, 3.8) is 0 Å². The Hall–Kier alpha value is -3.34. The highest BCUT2D eigenvalue weighted by atomic mass is 32.2. The Morgan fingerprint density at radius 2 is 1.66 bits per heavy atom. The Morgan fingerprint density at radius 3 is 2.21 bits per heavy atom. The number of nitrogens with zero attached hydrogens (tertiary/aromatic N) is 3. The fourth-order valence-corrected chi connectivity index (χ4v) is 4.04. The Morgan fingerprint density at radius 1 is 1.03 bits per heavy atom. The van der Waals surface area contributed by atoms with Crippen molar-refractivity contribution in [2.45, 2.75) is 17.7 Å². The number of fused-ring (bicyclic) bond motifs is 1. The molecule has 3 rings (SSSR count). The van der Waals surface area contributed by atoms with Gasteiger partial charge < -0.3 is 19.3 Å². The second-order valence-corrected chi connectivity index (χ2v) is 7.75. The number of pyridine rings is 1. The van der Waals surface area contributed by atoms with Crippen molar-refractivity contribution in [3.05, 3.63) is 36.2 Å². The molecular weight excluding hydrogens is 402 g/mol. The number of aliphatic carboxylic acids is 1. The van der Waals surface area contributed by atoms with E-state index in [2.05, 4.69) is 10.1 Å². The van der Waals surface area contributed by atoms with Crippen molar-refractivity contribution in [3.8, 4) is 17.2 Å². The lowest BCUT2D eigenvalue weighted by Gasteiger charge is -2.10. The third kappa shape index (κ3) is 3.94. The molecule has 0 amide bonds. The van der Waals surface area contributed by atoms with Crippen LogP contribution in [0, 0.1) is 0 Å². The van der Waals surface area contributed by atoms with Crippen LogP contribution in [0.1, 0.15) is 12.1 Å². The van der Waals surface area contributed by atoms with Gasteiger partial charge in [-0.25, -0.2) is 4.98 Å². The molecule has 3 aromatic rings. The van der Waals surface area contributed by atoms with Gasteiger partial charge in [0, 0.05) is 30.0 Å². The molecule has 2 aromatic heterocycles. The lowest BCUT2D eigenvalue weighted by Crippen LogP contribution is -2.16.